The number of alkyl halides is 6. The van der Waals surface area contributed by atoms with Crippen LogP contribution in [0.5, 0.6) is 0 Å². The van der Waals surface area contributed by atoms with Crippen molar-refractivity contribution >= 4 is 103 Å². The third kappa shape index (κ3) is 10.7. The minimum Gasteiger partial charge on any atom is -0.382 e. The molecule has 0 N–H and O–H groups in total. The summed E-state index contributed by atoms with van der Waals surface area (Å²) in [5.41, 5.74) is 2.58. The van der Waals surface area contributed by atoms with Crippen LogP contribution in [0.15, 0.2) is 58.0 Å². The zero-order valence-electron chi connectivity index (χ0n) is 13.3. The van der Waals surface area contributed by atoms with Crippen LogP contribution in [0.1, 0.15) is 0 Å². The van der Waals surface area contributed by atoms with Crippen LogP contribution in [-0.2, 0) is 14.3 Å². The number of carbonyl (C=O) groups excluding carboxylic acids is 2. The molecule has 0 saturated carbocycles. The van der Waals surface area contributed by atoms with Crippen LogP contribution in [0, 0.1) is 0 Å². The van der Waals surface area contributed by atoms with Crippen molar-refractivity contribution in [3.63, 3.8) is 0 Å². The Labute approximate surface area is 198 Å². The Hall–Kier alpha value is -0.690. The number of hydrogen-bond donors (Lipinski definition) is 0. The van der Waals surface area contributed by atoms with Crippen molar-refractivity contribution in [2.24, 2.45) is 4.99 Å². The van der Waals surface area contributed by atoms with Crippen molar-refractivity contribution in [2.45, 2.75) is 7.96 Å². The number of rotatable bonds is 2. The summed E-state index contributed by atoms with van der Waals surface area (Å²) in [7, 11) is 0. The third-order valence-electron chi connectivity index (χ3n) is 2.61. The number of nitrogens with zero attached hydrogens (tertiary/aromatic N) is 1. The molecule has 28 heavy (non-hydrogen) atoms. The highest BCUT2D eigenvalue weighted by atomic mass is 79.9. The topological polar surface area (TPSA) is 65.0 Å². The average Bonchev–Trinajstić information content (AvgIpc) is 2.53. The summed E-state index contributed by atoms with van der Waals surface area (Å²) < 4.78 is 4.39. The number of hydrogen-bond acceptors (Lipinski definition) is 5. The first-order valence-corrected chi connectivity index (χ1v) is 9.95. The maximum atomic E-state index is 10.5. The highest BCUT2D eigenvalue weighted by molar-refractivity contribution is 9.10. The Morgan fingerprint density at radius 1 is 0.929 bits per heavy atom. The van der Waals surface area contributed by atoms with Crippen molar-refractivity contribution in [1.82, 2.24) is 0 Å². The Morgan fingerprint density at radius 3 is 1.93 bits per heavy atom. The van der Waals surface area contributed by atoms with Gasteiger partial charge in [-0.05, 0) is 87.3 Å². The number of carbonyl (C=O) groups is 1. The SMILES string of the molecule is O=C(OC(Cl)(Cl)Cl)OC(Cl)(Cl)Cl.O=C=Nc1cc(Br)ccc1-c1ccccc1. The highest BCUT2D eigenvalue weighted by Gasteiger charge is 2.32. The number of ether oxygens (including phenoxy) is 2. The predicted molar refractivity (Wildman–Crippen MR) is 116 cm³/mol. The van der Waals surface area contributed by atoms with E-state index in [1.165, 1.54) is 0 Å². The monoisotopic (exact) mass is 567 g/mol. The normalized spacial score (nSPS) is 10.8. The molecule has 0 bridgehead atoms. The lowest BCUT2D eigenvalue weighted by Crippen LogP contribution is -2.22. The number of benzene rings is 2. The molecule has 12 heteroatoms. The molecule has 150 valence electrons. The van der Waals surface area contributed by atoms with E-state index in [9.17, 15) is 9.59 Å². The molecule has 0 spiro atoms. The van der Waals surface area contributed by atoms with Crippen LogP contribution < -0.4 is 0 Å². The van der Waals surface area contributed by atoms with Crippen molar-refractivity contribution in [2.75, 3.05) is 0 Å². The van der Waals surface area contributed by atoms with E-state index in [2.05, 4.69) is 30.4 Å². The molecular weight excluding hydrogens is 563 g/mol. The lowest BCUT2D eigenvalue weighted by atomic mass is 10.0. The fourth-order valence-corrected chi connectivity index (χ4v) is 2.45. The van der Waals surface area contributed by atoms with Gasteiger partial charge in [-0.3, -0.25) is 0 Å². The van der Waals surface area contributed by atoms with Crippen LogP contribution in [0.25, 0.3) is 11.1 Å². The van der Waals surface area contributed by atoms with Crippen molar-refractivity contribution in [3.8, 4) is 11.1 Å². The van der Waals surface area contributed by atoms with Gasteiger partial charge < -0.3 is 9.47 Å². The minimum absolute atomic E-state index is 0.621. The van der Waals surface area contributed by atoms with Gasteiger partial charge in [0.2, 0.25) is 6.08 Å². The molecule has 0 aromatic heterocycles. The van der Waals surface area contributed by atoms with Crippen LogP contribution in [0.2, 0.25) is 0 Å². The van der Waals surface area contributed by atoms with Gasteiger partial charge in [-0.15, -0.1) is 0 Å². The summed E-state index contributed by atoms with van der Waals surface area (Å²) in [6.07, 6.45) is 0.168. The molecular formula is C16H8BrCl6NO4. The smallest absolute Gasteiger partial charge is 0.382 e. The summed E-state index contributed by atoms with van der Waals surface area (Å²) >= 11 is 33.6. The Kier molecular flexibility index (Phi) is 10.4. The molecule has 0 aliphatic rings. The summed E-state index contributed by atoms with van der Waals surface area (Å²) in [5, 5.41) is 0. The van der Waals surface area contributed by atoms with Crippen molar-refractivity contribution in [1.29, 1.82) is 0 Å². The number of aliphatic imine (C=N–C) groups is 1. The minimum atomic E-state index is -2.24. The lowest BCUT2D eigenvalue weighted by Gasteiger charge is -2.15. The molecule has 0 amide bonds. The Morgan fingerprint density at radius 2 is 1.46 bits per heavy atom. The second kappa shape index (κ2) is 11.5. The zero-order valence-corrected chi connectivity index (χ0v) is 19.5. The first-order valence-electron chi connectivity index (χ1n) is 6.89. The molecule has 5 nitrogen and oxygen atoms in total. The lowest BCUT2D eigenvalue weighted by molar-refractivity contribution is 0.0508. The zero-order chi connectivity index (χ0) is 21.4. The molecule has 2 rings (SSSR count). The van der Waals surface area contributed by atoms with Gasteiger partial charge in [0.25, 0.3) is 0 Å². The quantitative estimate of drug-likeness (QED) is 0.159. The van der Waals surface area contributed by atoms with E-state index < -0.39 is 14.1 Å². The molecule has 0 fully saturated rings. The molecule has 2 aromatic carbocycles. The van der Waals surface area contributed by atoms with E-state index in [0.29, 0.717) is 5.69 Å². The van der Waals surface area contributed by atoms with Gasteiger partial charge in [0.15, 0.2) is 0 Å². The maximum Gasteiger partial charge on any atom is 0.515 e. The van der Waals surface area contributed by atoms with Crippen molar-refractivity contribution < 1.29 is 19.1 Å². The number of halogens is 7. The fourth-order valence-electron chi connectivity index (χ4n) is 1.72. The average molecular weight is 571 g/mol. The predicted octanol–water partition coefficient (Wildman–Crippen LogP) is 7.88. The van der Waals surface area contributed by atoms with Gasteiger partial charge in [-0.2, -0.15) is 4.99 Å². The van der Waals surface area contributed by atoms with Crippen LogP contribution in [0.4, 0.5) is 10.5 Å². The standard InChI is InChI=1S/C13H8BrNO.C3Cl6O3/c14-11-6-7-12(13(8-11)15-9-16)10-4-2-1-3-5-10;4-2(5,6)11-1(10)12-3(7,8)9/h1-8H;. The summed E-state index contributed by atoms with van der Waals surface area (Å²) in [6.45, 7) is 0. The van der Waals surface area contributed by atoms with Crippen LogP contribution >= 0.6 is 85.5 Å². The molecule has 2 aromatic rings. The summed E-state index contributed by atoms with van der Waals surface area (Å²) in [5.74, 6) is 0. The second-order valence-electron chi connectivity index (χ2n) is 4.58. The number of isocyanates is 1. The van der Waals surface area contributed by atoms with Gasteiger partial charge in [-0.25, -0.2) is 9.59 Å². The first-order chi connectivity index (χ1) is 12.9. The van der Waals surface area contributed by atoms with E-state index in [1.54, 1.807) is 12.1 Å². The molecule has 0 heterocycles. The maximum absolute atomic E-state index is 10.5. The molecule has 0 saturated heterocycles. The Balaban J connectivity index is 0.000000295. The van der Waals surface area contributed by atoms with Gasteiger partial charge >= 0.3 is 14.1 Å². The van der Waals surface area contributed by atoms with Gasteiger partial charge in [0.05, 0.1) is 5.69 Å². The van der Waals surface area contributed by atoms with E-state index >= 15 is 0 Å². The summed E-state index contributed by atoms with van der Waals surface area (Å²) in [6, 6.07) is 15.5. The fraction of sp³-hybridized carbons (Fsp3) is 0.125. The van der Waals surface area contributed by atoms with E-state index in [0.717, 1.165) is 15.6 Å². The van der Waals surface area contributed by atoms with Gasteiger partial charge in [-0.1, -0.05) is 52.3 Å². The largest absolute Gasteiger partial charge is 0.515 e. The third-order valence-corrected chi connectivity index (χ3v) is 3.56. The molecule has 0 radical (unpaired) electrons. The first kappa shape index (κ1) is 25.3. The molecule has 0 unspecified atom stereocenters. The van der Waals surface area contributed by atoms with Crippen LogP contribution in [-0.4, -0.2) is 20.2 Å². The summed E-state index contributed by atoms with van der Waals surface area (Å²) in [4.78, 5) is 24.6. The highest BCUT2D eigenvalue weighted by Crippen LogP contribution is 2.33. The second-order valence-corrected chi connectivity index (χ2v) is 9.85. The van der Waals surface area contributed by atoms with E-state index in [4.69, 9.17) is 69.6 Å². The van der Waals surface area contributed by atoms with E-state index in [1.807, 2.05) is 42.5 Å². The van der Waals surface area contributed by atoms with Crippen LogP contribution in [0.3, 0.4) is 0 Å². The Bertz CT molecular complexity index is 830. The molecule has 0 aliphatic carbocycles. The molecule has 0 aliphatic heterocycles. The molecule has 0 atom stereocenters. The van der Waals surface area contributed by atoms with Gasteiger partial charge in [0.1, 0.15) is 0 Å². The van der Waals surface area contributed by atoms with Gasteiger partial charge in [0, 0.05) is 10.0 Å². The van der Waals surface area contributed by atoms with Crippen molar-refractivity contribution in [3.05, 3.63) is 53.0 Å². The van der Waals surface area contributed by atoms with E-state index in [-0.39, 0.29) is 0 Å².